The summed E-state index contributed by atoms with van der Waals surface area (Å²) in [5.41, 5.74) is 0.110. The molecule has 0 atom stereocenters. The third-order valence-corrected chi connectivity index (χ3v) is 2.85. The van der Waals surface area contributed by atoms with Crippen molar-refractivity contribution in [3.63, 3.8) is 0 Å². The lowest BCUT2D eigenvalue weighted by Crippen LogP contribution is -2.15. The summed E-state index contributed by atoms with van der Waals surface area (Å²) in [6.45, 7) is 0.0211. The smallest absolute Gasteiger partial charge is 0.234 e. The zero-order chi connectivity index (χ0) is 12.0. The predicted molar refractivity (Wildman–Crippen MR) is 64.5 cm³/mol. The summed E-state index contributed by atoms with van der Waals surface area (Å²) in [5, 5.41) is 11.2. The number of carbonyl (C=O) groups is 1. The maximum absolute atomic E-state index is 13.3. The summed E-state index contributed by atoms with van der Waals surface area (Å²) in [6.07, 6.45) is 0. The first-order chi connectivity index (χ1) is 7.63. The lowest BCUT2D eigenvalue weighted by atomic mass is 10.3. The zero-order valence-corrected chi connectivity index (χ0v) is 9.95. The standard InChI is InChI=1S/C10H11ClFNO2S/c11-7-1-2-9(8(12)5-7)13-10(15)6-16-4-3-14/h1-2,5,14H,3-4,6H2,(H,13,15). The van der Waals surface area contributed by atoms with E-state index >= 15 is 0 Å². The van der Waals surface area contributed by atoms with Crippen LogP contribution < -0.4 is 5.32 Å². The average molecular weight is 264 g/mol. The van der Waals surface area contributed by atoms with Gasteiger partial charge in [-0.2, -0.15) is 0 Å². The number of thioether (sulfide) groups is 1. The van der Waals surface area contributed by atoms with Crippen LogP contribution in [0.3, 0.4) is 0 Å². The van der Waals surface area contributed by atoms with Crippen molar-refractivity contribution in [3.8, 4) is 0 Å². The summed E-state index contributed by atoms with van der Waals surface area (Å²) in [6, 6.07) is 4.05. The quantitative estimate of drug-likeness (QED) is 0.801. The monoisotopic (exact) mass is 263 g/mol. The number of amides is 1. The third-order valence-electron chi connectivity index (χ3n) is 1.67. The van der Waals surface area contributed by atoms with Gasteiger partial charge in [0.25, 0.3) is 0 Å². The molecule has 0 radical (unpaired) electrons. The van der Waals surface area contributed by atoms with E-state index in [2.05, 4.69) is 5.32 Å². The Balaban J connectivity index is 2.49. The number of anilines is 1. The highest BCUT2D eigenvalue weighted by Gasteiger charge is 2.07. The Hall–Kier alpha value is -0.780. The van der Waals surface area contributed by atoms with Crippen LogP contribution in [-0.4, -0.2) is 29.1 Å². The van der Waals surface area contributed by atoms with E-state index in [1.165, 1.54) is 23.9 Å². The van der Waals surface area contributed by atoms with E-state index in [0.717, 1.165) is 6.07 Å². The van der Waals surface area contributed by atoms with Crippen LogP contribution >= 0.6 is 23.4 Å². The van der Waals surface area contributed by atoms with E-state index in [0.29, 0.717) is 5.75 Å². The molecule has 0 heterocycles. The van der Waals surface area contributed by atoms with Gasteiger partial charge in [-0.25, -0.2) is 4.39 Å². The van der Waals surface area contributed by atoms with Gasteiger partial charge in [0, 0.05) is 10.8 Å². The zero-order valence-electron chi connectivity index (χ0n) is 8.37. The van der Waals surface area contributed by atoms with Crippen LogP contribution in [0.2, 0.25) is 5.02 Å². The number of hydrogen-bond donors (Lipinski definition) is 2. The van der Waals surface area contributed by atoms with Crippen LogP contribution in [0.25, 0.3) is 0 Å². The van der Waals surface area contributed by atoms with Crippen molar-refractivity contribution >= 4 is 35.0 Å². The fourth-order valence-corrected chi connectivity index (χ4v) is 1.70. The molecule has 16 heavy (non-hydrogen) atoms. The molecule has 0 saturated heterocycles. The molecule has 6 heteroatoms. The number of aliphatic hydroxyl groups excluding tert-OH is 1. The van der Waals surface area contributed by atoms with E-state index in [4.69, 9.17) is 16.7 Å². The van der Waals surface area contributed by atoms with Gasteiger partial charge in [-0.3, -0.25) is 4.79 Å². The Kier molecular flexibility index (Phi) is 5.59. The normalized spacial score (nSPS) is 10.2. The molecular weight excluding hydrogens is 253 g/mol. The van der Waals surface area contributed by atoms with Crippen LogP contribution in [-0.2, 0) is 4.79 Å². The summed E-state index contributed by atoms with van der Waals surface area (Å²) in [7, 11) is 0. The van der Waals surface area contributed by atoms with Crippen molar-refractivity contribution in [1.82, 2.24) is 0 Å². The van der Waals surface area contributed by atoms with Gasteiger partial charge in [-0.15, -0.1) is 11.8 Å². The Morgan fingerprint density at radius 3 is 2.94 bits per heavy atom. The molecule has 0 saturated carbocycles. The molecule has 0 unspecified atom stereocenters. The minimum atomic E-state index is -0.562. The van der Waals surface area contributed by atoms with Gasteiger partial charge in [-0.1, -0.05) is 11.6 Å². The molecule has 1 aromatic rings. The molecule has 0 aliphatic heterocycles. The number of halogens is 2. The maximum atomic E-state index is 13.3. The fourth-order valence-electron chi connectivity index (χ4n) is 1.01. The van der Waals surface area contributed by atoms with Crippen molar-refractivity contribution in [2.75, 3.05) is 23.4 Å². The molecule has 0 aliphatic carbocycles. The summed E-state index contributed by atoms with van der Waals surface area (Å²) >= 11 is 6.85. The molecule has 0 aromatic heterocycles. The van der Waals surface area contributed by atoms with E-state index in [9.17, 15) is 9.18 Å². The fraction of sp³-hybridized carbons (Fsp3) is 0.300. The average Bonchev–Trinajstić information content (AvgIpc) is 2.23. The van der Waals surface area contributed by atoms with Crippen LogP contribution in [0, 0.1) is 5.82 Å². The maximum Gasteiger partial charge on any atom is 0.234 e. The first-order valence-electron chi connectivity index (χ1n) is 4.57. The van der Waals surface area contributed by atoms with Crippen molar-refractivity contribution in [2.24, 2.45) is 0 Å². The van der Waals surface area contributed by atoms with Gasteiger partial charge in [0.2, 0.25) is 5.91 Å². The SMILES string of the molecule is O=C(CSCCO)Nc1ccc(Cl)cc1F. The molecule has 3 nitrogen and oxygen atoms in total. The number of hydrogen-bond acceptors (Lipinski definition) is 3. The molecule has 88 valence electrons. The summed E-state index contributed by atoms with van der Waals surface area (Å²) < 4.78 is 13.3. The van der Waals surface area contributed by atoms with Crippen molar-refractivity contribution < 1.29 is 14.3 Å². The number of aliphatic hydroxyl groups is 1. The molecule has 1 amide bonds. The molecule has 1 aromatic carbocycles. The van der Waals surface area contributed by atoms with Crippen molar-refractivity contribution in [1.29, 1.82) is 0 Å². The molecule has 1 rings (SSSR count). The van der Waals surface area contributed by atoms with Crippen LogP contribution in [0.1, 0.15) is 0 Å². The Labute approximate surface area is 102 Å². The minimum absolute atomic E-state index is 0.0211. The molecule has 0 bridgehead atoms. The lowest BCUT2D eigenvalue weighted by Gasteiger charge is -2.06. The Morgan fingerprint density at radius 2 is 2.31 bits per heavy atom. The third kappa shape index (κ3) is 4.38. The Morgan fingerprint density at radius 1 is 1.56 bits per heavy atom. The van der Waals surface area contributed by atoms with Crippen LogP contribution in [0.4, 0.5) is 10.1 Å². The largest absolute Gasteiger partial charge is 0.396 e. The highest BCUT2D eigenvalue weighted by molar-refractivity contribution is 7.99. The van der Waals surface area contributed by atoms with Crippen molar-refractivity contribution in [2.45, 2.75) is 0 Å². The van der Waals surface area contributed by atoms with Gasteiger partial charge >= 0.3 is 0 Å². The van der Waals surface area contributed by atoms with Gasteiger partial charge < -0.3 is 10.4 Å². The highest BCUT2D eigenvalue weighted by Crippen LogP contribution is 2.18. The molecular formula is C10H11ClFNO2S. The molecule has 0 fully saturated rings. The predicted octanol–water partition coefficient (Wildman–Crippen LogP) is 2.14. The second kappa shape index (κ2) is 6.73. The van der Waals surface area contributed by atoms with Crippen LogP contribution in [0.5, 0.6) is 0 Å². The van der Waals surface area contributed by atoms with Gasteiger partial charge in [0.05, 0.1) is 18.0 Å². The number of carbonyl (C=O) groups excluding carboxylic acids is 1. The first kappa shape index (κ1) is 13.3. The lowest BCUT2D eigenvalue weighted by molar-refractivity contribution is -0.113. The summed E-state index contributed by atoms with van der Waals surface area (Å²) in [5.74, 6) is -0.202. The van der Waals surface area contributed by atoms with Crippen LogP contribution in [0.15, 0.2) is 18.2 Å². The molecule has 0 spiro atoms. The van der Waals surface area contributed by atoms with Gasteiger partial charge in [-0.05, 0) is 18.2 Å². The second-order valence-electron chi connectivity index (χ2n) is 2.95. The van der Waals surface area contributed by atoms with E-state index in [-0.39, 0.29) is 29.0 Å². The second-order valence-corrected chi connectivity index (χ2v) is 4.49. The van der Waals surface area contributed by atoms with E-state index in [1.54, 1.807) is 0 Å². The van der Waals surface area contributed by atoms with E-state index in [1.807, 2.05) is 0 Å². The number of rotatable bonds is 5. The van der Waals surface area contributed by atoms with Crippen molar-refractivity contribution in [3.05, 3.63) is 29.0 Å². The van der Waals surface area contributed by atoms with Gasteiger partial charge in [0.1, 0.15) is 5.82 Å². The number of benzene rings is 1. The molecule has 0 aliphatic rings. The molecule has 2 N–H and O–H groups in total. The van der Waals surface area contributed by atoms with E-state index < -0.39 is 5.82 Å². The number of nitrogens with one attached hydrogen (secondary N) is 1. The van der Waals surface area contributed by atoms with Gasteiger partial charge in [0.15, 0.2) is 0 Å². The highest BCUT2D eigenvalue weighted by atomic mass is 35.5. The minimum Gasteiger partial charge on any atom is -0.396 e. The summed E-state index contributed by atoms with van der Waals surface area (Å²) in [4.78, 5) is 11.3. The first-order valence-corrected chi connectivity index (χ1v) is 6.10. The Bertz CT molecular complexity index is 376. The topological polar surface area (TPSA) is 49.3 Å².